The lowest BCUT2D eigenvalue weighted by atomic mass is 9.82. The number of urea groups is 1. The zero-order chi connectivity index (χ0) is 25.6. The van der Waals surface area contributed by atoms with Gasteiger partial charge in [-0.3, -0.25) is 9.69 Å². The first kappa shape index (κ1) is 24.3. The van der Waals surface area contributed by atoms with Crippen molar-refractivity contribution >= 4 is 11.9 Å². The number of methoxy groups -OCH3 is 2. The highest BCUT2D eigenvalue weighted by molar-refractivity contribution is 5.94. The fourth-order valence-electron chi connectivity index (χ4n) is 6.35. The Hall–Kier alpha value is -3.42. The Morgan fingerprint density at radius 1 is 1.11 bits per heavy atom. The predicted molar refractivity (Wildman–Crippen MR) is 137 cm³/mol. The van der Waals surface area contributed by atoms with Gasteiger partial charge in [-0.15, -0.1) is 0 Å². The average molecular weight is 493 g/mol. The molecule has 8 heteroatoms. The van der Waals surface area contributed by atoms with Crippen LogP contribution in [0.5, 0.6) is 11.5 Å². The average Bonchev–Trinajstić information content (AvgIpc) is 3.30. The smallest absolute Gasteiger partial charge is 0.325 e. The third kappa shape index (κ3) is 3.74. The molecule has 0 radical (unpaired) electrons. The van der Waals surface area contributed by atoms with Crippen molar-refractivity contribution in [1.29, 1.82) is 0 Å². The summed E-state index contributed by atoms with van der Waals surface area (Å²) in [6.07, 6.45) is 5.36. The summed E-state index contributed by atoms with van der Waals surface area (Å²) in [6.45, 7) is 8.32. The van der Waals surface area contributed by atoms with E-state index in [9.17, 15) is 9.59 Å². The van der Waals surface area contributed by atoms with Crippen LogP contribution in [-0.4, -0.2) is 71.0 Å². The Morgan fingerprint density at radius 3 is 2.47 bits per heavy atom. The monoisotopic (exact) mass is 492 g/mol. The van der Waals surface area contributed by atoms with Crippen molar-refractivity contribution in [3.8, 4) is 11.5 Å². The molecule has 4 heterocycles. The second kappa shape index (κ2) is 9.22. The Kier molecular flexibility index (Phi) is 6.22. The second-order valence-corrected chi connectivity index (χ2v) is 10.0. The molecule has 2 aromatic rings. The number of ether oxygens (including phenoxy) is 2. The molecule has 3 aliphatic heterocycles. The number of allylic oxidation sites excluding steroid dienone is 1. The number of hydrogen-bond acceptors (Lipinski definition) is 4. The number of carbonyl (C=O) groups is 2. The maximum Gasteiger partial charge on any atom is 0.325 e. The summed E-state index contributed by atoms with van der Waals surface area (Å²) < 4.78 is 11.2. The highest BCUT2D eigenvalue weighted by atomic mass is 16.5. The van der Waals surface area contributed by atoms with Crippen LogP contribution >= 0.6 is 0 Å². The molecule has 2 fully saturated rings. The number of likely N-dealkylation sites (tertiary alicyclic amines) is 1. The Bertz CT molecular complexity index is 1220. The van der Waals surface area contributed by atoms with Gasteiger partial charge < -0.3 is 24.3 Å². The van der Waals surface area contributed by atoms with Gasteiger partial charge in [-0.2, -0.15) is 0 Å². The number of amides is 3. The maximum atomic E-state index is 13.8. The van der Waals surface area contributed by atoms with Gasteiger partial charge >= 0.3 is 6.03 Å². The first-order valence-electron chi connectivity index (χ1n) is 12.8. The molecule has 1 spiro atoms. The van der Waals surface area contributed by atoms with Crippen molar-refractivity contribution in [1.82, 2.24) is 19.7 Å². The van der Waals surface area contributed by atoms with Crippen molar-refractivity contribution in [2.75, 3.05) is 33.9 Å². The van der Waals surface area contributed by atoms with Crippen LogP contribution in [0, 0.1) is 13.8 Å². The Labute approximate surface area is 212 Å². The molecular formula is C28H36N4O4. The first-order valence-corrected chi connectivity index (χ1v) is 12.8. The predicted octanol–water partition coefficient (Wildman–Crippen LogP) is 4.41. The molecule has 36 heavy (non-hydrogen) atoms. The largest absolute Gasteiger partial charge is 0.497 e. The number of hydrogen-bond donors (Lipinski definition) is 1. The van der Waals surface area contributed by atoms with E-state index in [0.717, 1.165) is 65.3 Å². The van der Waals surface area contributed by atoms with Gasteiger partial charge in [0.1, 0.15) is 17.2 Å². The number of nitrogens with zero attached hydrogens (tertiary/aromatic N) is 3. The first-order chi connectivity index (χ1) is 17.3. The molecule has 192 valence electrons. The summed E-state index contributed by atoms with van der Waals surface area (Å²) >= 11 is 0. The minimum atomic E-state index is -0.385. The third-order valence-electron chi connectivity index (χ3n) is 8.09. The topological polar surface area (TPSA) is 78.1 Å². The highest BCUT2D eigenvalue weighted by Gasteiger charge is 2.54. The van der Waals surface area contributed by atoms with Crippen molar-refractivity contribution in [2.24, 2.45) is 0 Å². The minimum absolute atomic E-state index is 0.0361. The minimum Gasteiger partial charge on any atom is -0.497 e. The number of benzene rings is 1. The molecule has 1 N–H and O–H groups in total. The third-order valence-corrected chi connectivity index (χ3v) is 8.09. The molecule has 1 aromatic carbocycles. The Morgan fingerprint density at radius 2 is 1.86 bits per heavy atom. The molecular weight excluding hydrogens is 456 g/mol. The zero-order valence-corrected chi connectivity index (χ0v) is 21.9. The number of H-pyrrole nitrogens is 1. The quantitative estimate of drug-likeness (QED) is 0.686. The van der Waals surface area contributed by atoms with E-state index >= 15 is 0 Å². The number of aryl methyl sites for hydroxylation is 2. The van der Waals surface area contributed by atoms with Gasteiger partial charge in [-0.05, 0) is 75.3 Å². The van der Waals surface area contributed by atoms with Crippen molar-refractivity contribution < 1.29 is 19.1 Å². The summed E-state index contributed by atoms with van der Waals surface area (Å²) in [4.78, 5) is 36.1. The number of nitrogens with one attached hydrogen (secondary N) is 1. The van der Waals surface area contributed by atoms with Crippen LogP contribution in [0.2, 0.25) is 0 Å². The number of carbonyl (C=O) groups excluding carboxylic acids is 2. The molecule has 0 aliphatic carbocycles. The summed E-state index contributed by atoms with van der Waals surface area (Å²) in [7, 11) is 3.32. The van der Waals surface area contributed by atoms with Crippen LogP contribution in [0.4, 0.5) is 4.79 Å². The van der Waals surface area contributed by atoms with Gasteiger partial charge in [-0.1, -0.05) is 6.08 Å². The second-order valence-electron chi connectivity index (χ2n) is 10.0. The lowest BCUT2D eigenvalue weighted by molar-refractivity contribution is 0.0570. The standard InChI is InChI=1S/C28H36N4O4/c1-6-32-27(34)31-17-20-15-21(35-4)16-23(36-5)22(20)8-7-9-24(31)28(32)10-12-30(13-11-28)26(33)25-18(2)14-19(3)29-25/h9,14-16,29H,6-8,10-13,17H2,1-5H3/b24-9-. The van der Waals surface area contributed by atoms with Gasteiger partial charge in [0.05, 0.1) is 26.3 Å². The number of fused-ring (bicyclic) bond motifs is 3. The van der Waals surface area contributed by atoms with Crippen LogP contribution < -0.4 is 9.47 Å². The summed E-state index contributed by atoms with van der Waals surface area (Å²) in [5.74, 6) is 1.57. The van der Waals surface area contributed by atoms with E-state index in [-0.39, 0.29) is 17.5 Å². The molecule has 3 amide bonds. The highest BCUT2D eigenvalue weighted by Crippen LogP contribution is 2.46. The molecule has 1 aromatic heterocycles. The number of piperidine rings is 1. The molecule has 8 nitrogen and oxygen atoms in total. The van der Waals surface area contributed by atoms with E-state index in [1.807, 2.05) is 53.7 Å². The van der Waals surface area contributed by atoms with Crippen LogP contribution in [0.25, 0.3) is 0 Å². The van der Waals surface area contributed by atoms with E-state index in [4.69, 9.17) is 9.47 Å². The normalized spacial score (nSPS) is 20.4. The Balaban J connectivity index is 1.45. The molecule has 0 unspecified atom stereocenters. The maximum absolute atomic E-state index is 13.8. The number of rotatable bonds is 4. The molecule has 3 aliphatic rings. The molecule has 2 saturated heterocycles. The molecule has 0 atom stereocenters. The number of aromatic nitrogens is 1. The molecule has 0 saturated carbocycles. The number of likely N-dealkylation sites (N-methyl/N-ethyl adjacent to an activating group) is 1. The van der Waals surface area contributed by atoms with Crippen LogP contribution in [0.1, 0.15) is 59.1 Å². The lowest BCUT2D eigenvalue weighted by Gasteiger charge is -2.44. The summed E-state index contributed by atoms with van der Waals surface area (Å²) in [6, 6.07) is 5.98. The van der Waals surface area contributed by atoms with Crippen molar-refractivity contribution in [2.45, 2.75) is 58.5 Å². The van der Waals surface area contributed by atoms with Crippen molar-refractivity contribution in [3.05, 3.63) is 58.1 Å². The van der Waals surface area contributed by atoms with E-state index in [2.05, 4.69) is 11.1 Å². The molecule has 5 rings (SSSR count). The fourth-order valence-corrected chi connectivity index (χ4v) is 6.35. The summed E-state index contributed by atoms with van der Waals surface area (Å²) in [5, 5.41) is 0. The van der Waals surface area contributed by atoms with E-state index < -0.39 is 0 Å². The fraction of sp³-hybridized carbons (Fsp3) is 0.500. The SMILES string of the molecule is CCN1C(=O)N2Cc3cc(OC)cc(OC)c3CC/C=C\2C12CCN(C(=O)c1[nH]c(C)cc1C)CC2. The lowest BCUT2D eigenvalue weighted by Crippen LogP contribution is -2.54. The van der Waals surface area contributed by atoms with E-state index in [0.29, 0.717) is 31.9 Å². The van der Waals surface area contributed by atoms with Gasteiger partial charge in [0.25, 0.3) is 5.91 Å². The van der Waals surface area contributed by atoms with Crippen LogP contribution in [0.3, 0.4) is 0 Å². The van der Waals surface area contributed by atoms with Gasteiger partial charge in [0.2, 0.25) is 0 Å². The van der Waals surface area contributed by atoms with Gasteiger partial charge in [0, 0.05) is 37.1 Å². The van der Waals surface area contributed by atoms with Gasteiger partial charge in [-0.25, -0.2) is 4.79 Å². The summed E-state index contributed by atoms with van der Waals surface area (Å²) in [5.41, 5.74) is 5.52. The van der Waals surface area contributed by atoms with Gasteiger partial charge in [0.15, 0.2) is 0 Å². The van der Waals surface area contributed by atoms with Crippen LogP contribution in [-0.2, 0) is 13.0 Å². The van der Waals surface area contributed by atoms with Crippen LogP contribution in [0.15, 0.2) is 30.0 Å². The van der Waals surface area contributed by atoms with E-state index in [1.165, 1.54) is 0 Å². The number of aromatic amines is 1. The van der Waals surface area contributed by atoms with Crippen molar-refractivity contribution in [3.63, 3.8) is 0 Å². The van der Waals surface area contributed by atoms with E-state index in [1.54, 1.807) is 14.2 Å². The molecule has 0 bridgehead atoms. The zero-order valence-electron chi connectivity index (χ0n) is 21.9.